The van der Waals surface area contributed by atoms with Crippen LogP contribution in [0.1, 0.15) is 11.1 Å². The lowest BCUT2D eigenvalue weighted by atomic mass is 10.1. The van der Waals surface area contributed by atoms with Crippen LogP contribution in [-0.4, -0.2) is 75.1 Å². The van der Waals surface area contributed by atoms with Gasteiger partial charge >= 0.3 is 0 Å². The van der Waals surface area contributed by atoms with Crippen LogP contribution in [-0.2, 0) is 16.6 Å². The van der Waals surface area contributed by atoms with E-state index in [-0.39, 0.29) is 5.75 Å². The molecule has 1 aliphatic rings. The van der Waals surface area contributed by atoms with Gasteiger partial charge in [0, 0.05) is 53.4 Å². The number of nitriles is 1. The Morgan fingerprint density at radius 3 is 2.17 bits per heavy atom. The SMILES string of the molecule is CN(C)S(=O)(=O)CCN1CCN(Cc2ccc(C#N)cc2)CC1. The summed E-state index contributed by atoms with van der Waals surface area (Å²) in [7, 11) is 0.0340. The fourth-order valence-corrected chi connectivity index (χ4v) is 3.40. The van der Waals surface area contributed by atoms with Gasteiger partial charge in [-0.05, 0) is 17.7 Å². The van der Waals surface area contributed by atoms with Crippen LogP contribution in [0.5, 0.6) is 0 Å². The van der Waals surface area contributed by atoms with Crippen molar-refractivity contribution in [2.45, 2.75) is 6.54 Å². The van der Waals surface area contributed by atoms with E-state index in [1.54, 1.807) is 14.1 Å². The minimum atomic E-state index is -3.11. The van der Waals surface area contributed by atoms with Gasteiger partial charge in [-0.1, -0.05) is 12.1 Å². The van der Waals surface area contributed by atoms with Crippen LogP contribution in [0.25, 0.3) is 0 Å². The van der Waals surface area contributed by atoms with Crippen molar-refractivity contribution < 1.29 is 8.42 Å². The van der Waals surface area contributed by atoms with Crippen LogP contribution in [0.4, 0.5) is 0 Å². The first kappa shape index (κ1) is 17.9. The summed E-state index contributed by atoms with van der Waals surface area (Å²) in [5.41, 5.74) is 1.88. The Bertz CT molecular complexity index is 642. The van der Waals surface area contributed by atoms with Crippen molar-refractivity contribution in [3.63, 3.8) is 0 Å². The Labute approximate surface area is 139 Å². The Hall–Kier alpha value is -1.46. The Balaban J connectivity index is 1.76. The Kier molecular flexibility index (Phi) is 6.13. The summed E-state index contributed by atoms with van der Waals surface area (Å²) < 4.78 is 24.9. The molecule has 1 heterocycles. The molecular weight excluding hydrogens is 312 g/mol. The van der Waals surface area contributed by atoms with Crippen LogP contribution < -0.4 is 0 Å². The number of piperazine rings is 1. The van der Waals surface area contributed by atoms with Crippen molar-refractivity contribution in [3.05, 3.63) is 35.4 Å². The van der Waals surface area contributed by atoms with Gasteiger partial charge in [0.2, 0.25) is 10.0 Å². The summed E-state index contributed by atoms with van der Waals surface area (Å²) in [6, 6.07) is 9.80. The largest absolute Gasteiger partial charge is 0.300 e. The van der Waals surface area contributed by atoms with Crippen molar-refractivity contribution in [3.8, 4) is 6.07 Å². The maximum atomic E-state index is 11.8. The molecule has 0 unspecified atom stereocenters. The summed E-state index contributed by atoms with van der Waals surface area (Å²) in [5.74, 6) is 0.176. The van der Waals surface area contributed by atoms with Crippen molar-refractivity contribution >= 4 is 10.0 Å². The van der Waals surface area contributed by atoms with E-state index >= 15 is 0 Å². The molecule has 1 aromatic carbocycles. The lowest BCUT2D eigenvalue weighted by Gasteiger charge is -2.34. The van der Waals surface area contributed by atoms with E-state index in [9.17, 15) is 8.42 Å². The summed E-state index contributed by atoms with van der Waals surface area (Å²) >= 11 is 0. The van der Waals surface area contributed by atoms with E-state index in [2.05, 4.69) is 15.9 Å². The topological polar surface area (TPSA) is 67.7 Å². The zero-order valence-electron chi connectivity index (χ0n) is 13.8. The Morgan fingerprint density at radius 2 is 1.65 bits per heavy atom. The van der Waals surface area contributed by atoms with Crippen molar-refractivity contribution in [2.75, 3.05) is 52.6 Å². The number of sulfonamides is 1. The first-order valence-corrected chi connectivity index (χ1v) is 9.35. The Morgan fingerprint density at radius 1 is 1.09 bits per heavy atom. The molecule has 1 aromatic rings. The minimum absolute atomic E-state index is 0.176. The molecule has 0 aromatic heterocycles. The molecule has 0 radical (unpaired) electrons. The first-order valence-electron chi connectivity index (χ1n) is 7.74. The predicted octanol–water partition coefficient (Wildman–Crippen LogP) is 0.567. The lowest BCUT2D eigenvalue weighted by molar-refractivity contribution is 0.132. The maximum absolute atomic E-state index is 11.8. The first-order chi connectivity index (χ1) is 10.9. The van der Waals surface area contributed by atoms with Gasteiger partial charge in [0.25, 0.3) is 0 Å². The highest BCUT2D eigenvalue weighted by atomic mass is 32.2. The molecule has 126 valence electrons. The van der Waals surface area contributed by atoms with Crippen LogP contribution >= 0.6 is 0 Å². The molecule has 0 N–H and O–H groups in total. The zero-order valence-corrected chi connectivity index (χ0v) is 14.6. The molecule has 0 saturated carbocycles. The average molecular weight is 336 g/mol. The number of hydrogen-bond donors (Lipinski definition) is 0. The van der Waals surface area contributed by atoms with E-state index in [0.717, 1.165) is 32.7 Å². The van der Waals surface area contributed by atoms with Gasteiger partial charge in [-0.2, -0.15) is 5.26 Å². The summed E-state index contributed by atoms with van der Waals surface area (Å²) in [5, 5.41) is 8.81. The average Bonchev–Trinajstić information content (AvgIpc) is 2.55. The fraction of sp³-hybridized carbons (Fsp3) is 0.562. The van der Waals surface area contributed by atoms with Crippen molar-refractivity contribution in [1.29, 1.82) is 5.26 Å². The molecular formula is C16H24N4O2S. The second-order valence-electron chi connectivity index (χ2n) is 6.02. The van der Waals surface area contributed by atoms with Crippen LogP contribution in [0.2, 0.25) is 0 Å². The molecule has 0 aliphatic carbocycles. The second-order valence-corrected chi connectivity index (χ2v) is 8.33. The second kappa shape index (κ2) is 7.88. The van der Waals surface area contributed by atoms with E-state index in [4.69, 9.17) is 5.26 Å². The molecule has 1 aliphatic heterocycles. The van der Waals surface area contributed by atoms with Gasteiger partial charge in [0.1, 0.15) is 0 Å². The smallest absolute Gasteiger partial charge is 0.214 e. The number of hydrogen-bond acceptors (Lipinski definition) is 5. The highest BCUT2D eigenvalue weighted by Crippen LogP contribution is 2.10. The molecule has 23 heavy (non-hydrogen) atoms. The van der Waals surface area contributed by atoms with Gasteiger partial charge in [-0.15, -0.1) is 0 Å². The van der Waals surface area contributed by atoms with Crippen molar-refractivity contribution in [1.82, 2.24) is 14.1 Å². The molecule has 0 atom stereocenters. The molecule has 1 fully saturated rings. The molecule has 0 spiro atoms. The summed E-state index contributed by atoms with van der Waals surface area (Å²) in [4.78, 5) is 4.56. The molecule has 0 bridgehead atoms. The van der Waals surface area contributed by atoms with Gasteiger partial charge in [-0.3, -0.25) is 9.80 Å². The molecule has 2 rings (SSSR count). The van der Waals surface area contributed by atoms with Crippen molar-refractivity contribution in [2.24, 2.45) is 0 Å². The predicted molar refractivity (Wildman–Crippen MR) is 90.3 cm³/mol. The number of rotatable bonds is 6. The molecule has 6 nitrogen and oxygen atoms in total. The van der Waals surface area contributed by atoms with Gasteiger partial charge in [0.15, 0.2) is 0 Å². The van der Waals surface area contributed by atoms with E-state index in [0.29, 0.717) is 12.1 Å². The van der Waals surface area contributed by atoms with Crippen LogP contribution in [0, 0.1) is 11.3 Å². The molecule has 0 amide bonds. The lowest BCUT2D eigenvalue weighted by Crippen LogP contribution is -2.47. The third-order valence-electron chi connectivity index (χ3n) is 4.18. The van der Waals surface area contributed by atoms with Gasteiger partial charge in [-0.25, -0.2) is 12.7 Å². The third kappa shape index (κ3) is 5.29. The zero-order chi connectivity index (χ0) is 16.9. The number of nitrogens with zero attached hydrogens (tertiary/aromatic N) is 4. The monoisotopic (exact) mass is 336 g/mol. The fourth-order valence-electron chi connectivity index (χ4n) is 2.54. The van der Waals surface area contributed by atoms with E-state index in [1.807, 2.05) is 24.3 Å². The molecule has 7 heteroatoms. The summed E-state index contributed by atoms with van der Waals surface area (Å²) in [6.45, 7) is 5.10. The van der Waals surface area contributed by atoms with Crippen LogP contribution in [0.3, 0.4) is 0 Å². The standard InChI is InChI=1S/C16H24N4O2S/c1-18(2)23(21,22)12-11-19-7-9-20(10-8-19)14-16-5-3-15(13-17)4-6-16/h3-6H,7-12,14H2,1-2H3. The van der Waals surface area contributed by atoms with Gasteiger partial charge < -0.3 is 0 Å². The minimum Gasteiger partial charge on any atom is -0.300 e. The quantitative estimate of drug-likeness (QED) is 0.760. The van der Waals surface area contributed by atoms with E-state index in [1.165, 1.54) is 9.87 Å². The van der Waals surface area contributed by atoms with Crippen LogP contribution in [0.15, 0.2) is 24.3 Å². The van der Waals surface area contributed by atoms with Gasteiger partial charge in [0.05, 0.1) is 17.4 Å². The number of benzene rings is 1. The highest BCUT2D eigenvalue weighted by molar-refractivity contribution is 7.89. The third-order valence-corrected chi connectivity index (χ3v) is 5.99. The normalized spacial score (nSPS) is 17.3. The molecule has 1 saturated heterocycles. The summed E-state index contributed by atoms with van der Waals surface area (Å²) in [6.07, 6.45) is 0. The highest BCUT2D eigenvalue weighted by Gasteiger charge is 2.20. The maximum Gasteiger partial charge on any atom is 0.214 e. The van der Waals surface area contributed by atoms with E-state index < -0.39 is 10.0 Å².